The molecule has 1 aromatic rings. The molecule has 0 amide bonds. The van der Waals surface area contributed by atoms with Crippen LogP contribution in [0, 0.1) is 6.92 Å². The van der Waals surface area contributed by atoms with Crippen LogP contribution >= 0.6 is 0 Å². The second kappa shape index (κ2) is 3.75. The van der Waals surface area contributed by atoms with E-state index in [0.717, 1.165) is 0 Å². The van der Waals surface area contributed by atoms with Gasteiger partial charge in [-0.2, -0.15) is 0 Å². The van der Waals surface area contributed by atoms with E-state index in [1.807, 2.05) is 0 Å². The van der Waals surface area contributed by atoms with E-state index < -0.39 is 0 Å². The third-order valence-corrected chi connectivity index (χ3v) is 2.63. The van der Waals surface area contributed by atoms with Gasteiger partial charge in [0.05, 0.1) is 0 Å². The predicted octanol–water partition coefficient (Wildman–Crippen LogP) is 3.51. The minimum absolute atomic E-state index is 0. The normalized spacial score (nSPS) is 14.8. The van der Waals surface area contributed by atoms with Gasteiger partial charge < -0.3 is 0 Å². The summed E-state index contributed by atoms with van der Waals surface area (Å²) in [6.07, 6.45) is 5.38. The lowest BCUT2D eigenvalue weighted by molar-refractivity contribution is 0.682. The number of hydrogen-bond acceptors (Lipinski definition) is 0. The summed E-state index contributed by atoms with van der Waals surface area (Å²) in [6, 6.07) is 6.69. The molecule has 1 aliphatic carbocycles. The summed E-state index contributed by atoms with van der Waals surface area (Å²) in [5.41, 5.74) is 4.71. The monoisotopic (exact) mass is 162 g/mol. The second-order valence-electron chi connectivity index (χ2n) is 3.42. The van der Waals surface area contributed by atoms with Crippen LogP contribution in [0.4, 0.5) is 0 Å². The van der Waals surface area contributed by atoms with Gasteiger partial charge in [-0.1, -0.05) is 25.6 Å². The third kappa shape index (κ3) is 1.52. The molecule has 0 fully saturated rings. The van der Waals surface area contributed by atoms with Crippen molar-refractivity contribution in [3.05, 3.63) is 34.9 Å². The van der Waals surface area contributed by atoms with E-state index in [0.29, 0.717) is 0 Å². The molecule has 0 heterocycles. The van der Waals surface area contributed by atoms with E-state index in [1.165, 1.54) is 31.2 Å². The number of fused-ring (bicyclic) bond motifs is 1. The van der Waals surface area contributed by atoms with Gasteiger partial charge in [-0.25, -0.2) is 0 Å². The second-order valence-corrected chi connectivity index (χ2v) is 3.42. The van der Waals surface area contributed by atoms with Crippen molar-refractivity contribution in [2.75, 3.05) is 0 Å². The molecule has 0 aliphatic heterocycles. The SMILES string of the molecule is C.Cc1cccc2c1CCCC2. The fourth-order valence-electron chi connectivity index (χ4n) is 1.97. The van der Waals surface area contributed by atoms with Gasteiger partial charge in [0.1, 0.15) is 0 Å². The summed E-state index contributed by atoms with van der Waals surface area (Å²) < 4.78 is 0. The molecule has 0 saturated heterocycles. The molecule has 12 heavy (non-hydrogen) atoms. The summed E-state index contributed by atoms with van der Waals surface area (Å²) in [5.74, 6) is 0. The molecule has 0 radical (unpaired) electrons. The van der Waals surface area contributed by atoms with Crippen LogP contribution in [0.25, 0.3) is 0 Å². The van der Waals surface area contributed by atoms with Crippen molar-refractivity contribution in [2.45, 2.75) is 40.0 Å². The van der Waals surface area contributed by atoms with Crippen molar-refractivity contribution in [3.8, 4) is 0 Å². The van der Waals surface area contributed by atoms with Gasteiger partial charge in [0.25, 0.3) is 0 Å². The average molecular weight is 162 g/mol. The van der Waals surface area contributed by atoms with E-state index in [4.69, 9.17) is 0 Å². The molecule has 1 aliphatic rings. The van der Waals surface area contributed by atoms with E-state index in [-0.39, 0.29) is 7.43 Å². The van der Waals surface area contributed by atoms with Crippen molar-refractivity contribution < 1.29 is 0 Å². The number of rotatable bonds is 0. The predicted molar refractivity (Wildman–Crippen MR) is 54.6 cm³/mol. The smallest absolute Gasteiger partial charge is 0.0273 e. The van der Waals surface area contributed by atoms with Gasteiger partial charge in [-0.3, -0.25) is 0 Å². The highest BCUT2D eigenvalue weighted by Gasteiger charge is 2.09. The first kappa shape index (κ1) is 9.31. The zero-order valence-electron chi connectivity index (χ0n) is 7.06. The molecule has 0 atom stereocenters. The lowest BCUT2D eigenvalue weighted by atomic mass is 9.89. The highest BCUT2D eigenvalue weighted by Crippen LogP contribution is 2.23. The number of hydrogen-bond donors (Lipinski definition) is 0. The highest BCUT2D eigenvalue weighted by molar-refractivity contribution is 5.35. The molecule has 66 valence electrons. The fraction of sp³-hybridized carbons (Fsp3) is 0.500. The topological polar surface area (TPSA) is 0 Å². The zero-order valence-corrected chi connectivity index (χ0v) is 7.06. The Morgan fingerprint density at radius 2 is 1.83 bits per heavy atom. The van der Waals surface area contributed by atoms with Crippen LogP contribution in [0.3, 0.4) is 0 Å². The lowest BCUT2D eigenvalue weighted by Gasteiger charge is -2.17. The Kier molecular flexibility index (Phi) is 2.91. The van der Waals surface area contributed by atoms with Gasteiger partial charge in [-0.05, 0) is 49.3 Å². The molecule has 0 heteroatoms. The molecule has 0 nitrogen and oxygen atoms in total. The van der Waals surface area contributed by atoms with Crippen molar-refractivity contribution in [3.63, 3.8) is 0 Å². The molecular formula is C12H18. The maximum absolute atomic E-state index is 2.28. The summed E-state index contributed by atoms with van der Waals surface area (Å²) >= 11 is 0. The molecule has 0 saturated carbocycles. The van der Waals surface area contributed by atoms with Gasteiger partial charge in [0.2, 0.25) is 0 Å². The maximum atomic E-state index is 2.28. The van der Waals surface area contributed by atoms with Crippen LogP contribution in [0.2, 0.25) is 0 Å². The lowest BCUT2D eigenvalue weighted by Crippen LogP contribution is -2.03. The Hall–Kier alpha value is -0.780. The molecule has 0 spiro atoms. The summed E-state index contributed by atoms with van der Waals surface area (Å²) in [4.78, 5) is 0. The quantitative estimate of drug-likeness (QED) is 0.547. The van der Waals surface area contributed by atoms with Crippen LogP contribution in [-0.4, -0.2) is 0 Å². The summed E-state index contributed by atoms with van der Waals surface area (Å²) in [6.45, 7) is 2.23. The van der Waals surface area contributed by atoms with Crippen molar-refractivity contribution >= 4 is 0 Å². The van der Waals surface area contributed by atoms with Crippen LogP contribution in [-0.2, 0) is 12.8 Å². The Morgan fingerprint density at radius 3 is 2.58 bits per heavy atom. The summed E-state index contributed by atoms with van der Waals surface area (Å²) in [7, 11) is 0. The number of benzene rings is 1. The van der Waals surface area contributed by atoms with E-state index >= 15 is 0 Å². The van der Waals surface area contributed by atoms with Crippen molar-refractivity contribution in [2.24, 2.45) is 0 Å². The average Bonchev–Trinajstić information content (AvgIpc) is 2.06. The van der Waals surface area contributed by atoms with Crippen molar-refractivity contribution in [1.29, 1.82) is 0 Å². The standard InChI is InChI=1S/C11H14.CH4/c1-9-5-4-7-10-6-2-3-8-11(9)10;/h4-5,7H,2-3,6,8H2,1H3;1H4. The van der Waals surface area contributed by atoms with Crippen LogP contribution < -0.4 is 0 Å². The third-order valence-electron chi connectivity index (χ3n) is 2.63. The minimum Gasteiger partial charge on any atom is -0.0776 e. The minimum atomic E-state index is 0. The Labute approximate surface area is 75.6 Å². The number of aryl methyl sites for hydroxylation is 2. The maximum Gasteiger partial charge on any atom is -0.0273 e. The van der Waals surface area contributed by atoms with Crippen LogP contribution in [0.5, 0.6) is 0 Å². The van der Waals surface area contributed by atoms with Gasteiger partial charge in [-0.15, -0.1) is 0 Å². The Balaban J connectivity index is 0.000000720. The summed E-state index contributed by atoms with van der Waals surface area (Å²) in [5, 5.41) is 0. The van der Waals surface area contributed by atoms with Gasteiger partial charge in [0.15, 0.2) is 0 Å². The van der Waals surface area contributed by atoms with Crippen LogP contribution in [0.1, 0.15) is 37.0 Å². The molecule has 2 rings (SSSR count). The Bertz CT molecular complexity index is 261. The highest BCUT2D eigenvalue weighted by atomic mass is 14.1. The largest absolute Gasteiger partial charge is 0.0776 e. The van der Waals surface area contributed by atoms with Gasteiger partial charge in [0, 0.05) is 0 Å². The van der Waals surface area contributed by atoms with Gasteiger partial charge >= 0.3 is 0 Å². The Morgan fingerprint density at radius 1 is 1.08 bits per heavy atom. The molecule has 0 aromatic heterocycles. The first-order chi connectivity index (χ1) is 5.38. The zero-order chi connectivity index (χ0) is 7.68. The molecule has 1 aromatic carbocycles. The van der Waals surface area contributed by atoms with E-state index in [9.17, 15) is 0 Å². The fourth-order valence-corrected chi connectivity index (χ4v) is 1.97. The van der Waals surface area contributed by atoms with Crippen LogP contribution in [0.15, 0.2) is 18.2 Å². The van der Waals surface area contributed by atoms with Crippen molar-refractivity contribution in [1.82, 2.24) is 0 Å². The molecule has 0 unspecified atom stereocenters. The first-order valence-electron chi connectivity index (χ1n) is 4.45. The van der Waals surface area contributed by atoms with E-state index in [1.54, 1.807) is 11.1 Å². The van der Waals surface area contributed by atoms with E-state index in [2.05, 4.69) is 25.1 Å². The molecule has 0 N–H and O–H groups in total. The first-order valence-corrected chi connectivity index (χ1v) is 4.45. The molecule has 0 bridgehead atoms. The molecular weight excluding hydrogens is 144 g/mol.